The summed E-state index contributed by atoms with van der Waals surface area (Å²) in [6.07, 6.45) is 3.15. The Morgan fingerprint density at radius 1 is 1.23 bits per heavy atom. The molecule has 0 radical (unpaired) electrons. The summed E-state index contributed by atoms with van der Waals surface area (Å²) >= 11 is 5.83. The fourth-order valence-electron chi connectivity index (χ4n) is 1.70. The van der Waals surface area contributed by atoms with Gasteiger partial charge in [0.1, 0.15) is 5.82 Å². The second kappa shape index (κ2) is 5.90. The molecule has 110 valence electrons. The number of nitrogens with one attached hydrogen (secondary N) is 1. The van der Waals surface area contributed by atoms with E-state index in [-0.39, 0.29) is 22.4 Å². The van der Waals surface area contributed by atoms with Crippen molar-refractivity contribution in [3.8, 4) is 11.4 Å². The predicted molar refractivity (Wildman–Crippen MR) is 76.9 cm³/mol. The van der Waals surface area contributed by atoms with Crippen LogP contribution in [0.5, 0.6) is 0 Å². The van der Waals surface area contributed by atoms with Crippen LogP contribution in [-0.2, 0) is 0 Å². The van der Waals surface area contributed by atoms with E-state index in [0.717, 1.165) is 6.07 Å². The summed E-state index contributed by atoms with van der Waals surface area (Å²) in [5.41, 5.74) is 0.911. The third kappa shape index (κ3) is 2.94. The van der Waals surface area contributed by atoms with E-state index >= 15 is 0 Å². The van der Waals surface area contributed by atoms with Crippen LogP contribution in [0.25, 0.3) is 11.4 Å². The van der Waals surface area contributed by atoms with Gasteiger partial charge in [0.05, 0.1) is 10.7 Å². The molecule has 1 amide bonds. The number of pyridine rings is 1. The predicted octanol–water partition coefficient (Wildman–Crippen LogP) is 3.18. The van der Waals surface area contributed by atoms with Crippen molar-refractivity contribution in [2.45, 2.75) is 0 Å². The summed E-state index contributed by atoms with van der Waals surface area (Å²) in [4.78, 5) is 19.9. The zero-order valence-corrected chi connectivity index (χ0v) is 11.7. The van der Waals surface area contributed by atoms with Crippen LogP contribution < -0.4 is 5.32 Å². The average molecular weight is 319 g/mol. The summed E-state index contributed by atoms with van der Waals surface area (Å²) in [6, 6.07) is 6.98. The van der Waals surface area contributed by atoms with Crippen molar-refractivity contribution in [3.63, 3.8) is 0 Å². The maximum atomic E-state index is 13.0. The summed E-state index contributed by atoms with van der Waals surface area (Å²) in [5, 5.41) is 6.26. The largest absolute Gasteiger partial charge is 0.328 e. The lowest BCUT2D eigenvalue weighted by molar-refractivity contribution is 0.0981. The molecule has 0 spiro atoms. The summed E-state index contributed by atoms with van der Waals surface area (Å²) < 4.78 is 17.9. The molecule has 0 atom stereocenters. The fraction of sp³-hybridized carbons (Fsp3) is 0. The number of hydrogen-bond donors (Lipinski definition) is 1. The quantitative estimate of drug-likeness (QED) is 0.802. The van der Waals surface area contributed by atoms with Crippen molar-refractivity contribution in [1.82, 2.24) is 15.1 Å². The molecule has 0 aliphatic heterocycles. The van der Waals surface area contributed by atoms with Gasteiger partial charge in [-0.05, 0) is 30.3 Å². The fourth-order valence-corrected chi connectivity index (χ4v) is 1.92. The van der Waals surface area contributed by atoms with Gasteiger partial charge in [0.2, 0.25) is 5.82 Å². The topological polar surface area (TPSA) is 80.9 Å². The number of rotatable bonds is 3. The SMILES string of the molecule is O=C(Nc1ccc(F)cc1Cl)c1nc(-c2ccncc2)no1. The lowest BCUT2D eigenvalue weighted by Gasteiger charge is -2.04. The highest BCUT2D eigenvalue weighted by molar-refractivity contribution is 6.33. The lowest BCUT2D eigenvalue weighted by atomic mass is 10.2. The molecule has 8 heteroatoms. The van der Waals surface area contributed by atoms with Crippen molar-refractivity contribution in [2.75, 3.05) is 5.32 Å². The van der Waals surface area contributed by atoms with E-state index in [2.05, 4.69) is 20.4 Å². The molecule has 0 aliphatic carbocycles. The minimum atomic E-state index is -0.638. The van der Waals surface area contributed by atoms with E-state index in [0.29, 0.717) is 5.56 Å². The van der Waals surface area contributed by atoms with Crippen LogP contribution in [0.3, 0.4) is 0 Å². The number of hydrogen-bond acceptors (Lipinski definition) is 5. The number of carbonyl (C=O) groups excluding carboxylic acids is 1. The van der Waals surface area contributed by atoms with Crippen molar-refractivity contribution in [1.29, 1.82) is 0 Å². The molecule has 3 rings (SSSR count). The molecule has 3 aromatic rings. The number of amides is 1. The van der Waals surface area contributed by atoms with Gasteiger partial charge in [-0.15, -0.1) is 0 Å². The Kier molecular flexibility index (Phi) is 3.80. The number of benzene rings is 1. The first-order valence-electron chi connectivity index (χ1n) is 6.14. The molecule has 0 bridgehead atoms. The molecule has 2 heterocycles. The average Bonchev–Trinajstić information content (AvgIpc) is 3.01. The number of nitrogens with zero attached hydrogens (tertiary/aromatic N) is 3. The van der Waals surface area contributed by atoms with Crippen LogP contribution in [0.2, 0.25) is 5.02 Å². The maximum absolute atomic E-state index is 13.0. The van der Waals surface area contributed by atoms with Crippen LogP contribution in [0.15, 0.2) is 47.2 Å². The van der Waals surface area contributed by atoms with Crippen molar-refractivity contribution in [3.05, 3.63) is 59.5 Å². The Morgan fingerprint density at radius 2 is 2.00 bits per heavy atom. The van der Waals surface area contributed by atoms with Gasteiger partial charge in [-0.2, -0.15) is 4.98 Å². The van der Waals surface area contributed by atoms with Gasteiger partial charge in [-0.3, -0.25) is 9.78 Å². The molecule has 0 fully saturated rings. The van der Waals surface area contributed by atoms with E-state index in [9.17, 15) is 9.18 Å². The first kappa shape index (κ1) is 14.2. The van der Waals surface area contributed by atoms with Gasteiger partial charge in [-0.25, -0.2) is 4.39 Å². The van der Waals surface area contributed by atoms with Gasteiger partial charge in [-0.1, -0.05) is 16.8 Å². The van der Waals surface area contributed by atoms with Gasteiger partial charge in [0.25, 0.3) is 0 Å². The zero-order chi connectivity index (χ0) is 15.5. The number of carbonyl (C=O) groups is 1. The van der Waals surface area contributed by atoms with Crippen molar-refractivity contribution in [2.24, 2.45) is 0 Å². The molecule has 0 saturated heterocycles. The molecule has 6 nitrogen and oxygen atoms in total. The lowest BCUT2D eigenvalue weighted by Crippen LogP contribution is -2.12. The molecule has 1 aromatic carbocycles. The monoisotopic (exact) mass is 318 g/mol. The molecule has 0 aliphatic rings. The second-order valence-corrected chi connectivity index (χ2v) is 4.64. The smallest absolute Gasteiger partial charge is 0.316 e. The minimum Gasteiger partial charge on any atom is -0.328 e. The molecule has 0 saturated carbocycles. The Labute approximate surface area is 128 Å². The molecule has 0 unspecified atom stereocenters. The standard InChI is InChI=1S/C14H8ClFN4O2/c15-10-7-9(16)1-2-11(10)18-13(21)14-19-12(20-22-14)8-3-5-17-6-4-8/h1-7H,(H,18,21). The van der Waals surface area contributed by atoms with Crippen molar-refractivity contribution >= 4 is 23.2 Å². The highest BCUT2D eigenvalue weighted by atomic mass is 35.5. The normalized spacial score (nSPS) is 10.5. The molecular weight excluding hydrogens is 311 g/mol. The van der Waals surface area contributed by atoms with E-state index in [4.69, 9.17) is 16.1 Å². The second-order valence-electron chi connectivity index (χ2n) is 4.24. The van der Waals surface area contributed by atoms with Gasteiger partial charge < -0.3 is 9.84 Å². The first-order chi connectivity index (χ1) is 10.6. The first-order valence-corrected chi connectivity index (χ1v) is 6.52. The Balaban J connectivity index is 1.80. The number of anilines is 1. The molecular formula is C14H8ClFN4O2. The van der Waals surface area contributed by atoms with E-state index in [1.165, 1.54) is 12.1 Å². The molecule has 1 N–H and O–H groups in total. The summed E-state index contributed by atoms with van der Waals surface area (Å²) in [7, 11) is 0. The molecule has 2 aromatic heterocycles. The Hall–Kier alpha value is -2.80. The zero-order valence-electron chi connectivity index (χ0n) is 11.0. The van der Waals surface area contributed by atoms with E-state index < -0.39 is 11.7 Å². The van der Waals surface area contributed by atoms with Crippen LogP contribution in [0.1, 0.15) is 10.7 Å². The maximum Gasteiger partial charge on any atom is 0.316 e. The summed E-state index contributed by atoms with van der Waals surface area (Å²) in [5.74, 6) is -1.10. The van der Waals surface area contributed by atoms with Crippen LogP contribution in [0.4, 0.5) is 10.1 Å². The highest BCUT2D eigenvalue weighted by Crippen LogP contribution is 2.23. The van der Waals surface area contributed by atoms with Gasteiger partial charge in [0.15, 0.2) is 0 Å². The van der Waals surface area contributed by atoms with E-state index in [1.54, 1.807) is 24.5 Å². The third-order valence-corrected chi connectivity index (χ3v) is 3.05. The third-order valence-electron chi connectivity index (χ3n) is 2.74. The van der Waals surface area contributed by atoms with Crippen LogP contribution in [-0.4, -0.2) is 21.0 Å². The van der Waals surface area contributed by atoms with Gasteiger partial charge >= 0.3 is 11.8 Å². The van der Waals surface area contributed by atoms with Crippen molar-refractivity contribution < 1.29 is 13.7 Å². The van der Waals surface area contributed by atoms with Gasteiger partial charge in [0, 0.05) is 18.0 Å². The Morgan fingerprint density at radius 3 is 2.73 bits per heavy atom. The minimum absolute atomic E-state index is 0.0715. The Bertz CT molecular complexity index is 823. The highest BCUT2D eigenvalue weighted by Gasteiger charge is 2.17. The number of aromatic nitrogens is 3. The summed E-state index contributed by atoms with van der Waals surface area (Å²) in [6.45, 7) is 0. The van der Waals surface area contributed by atoms with E-state index in [1.807, 2.05) is 0 Å². The van der Waals surface area contributed by atoms with Crippen LogP contribution in [0, 0.1) is 5.82 Å². The molecule has 22 heavy (non-hydrogen) atoms. The van der Waals surface area contributed by atoms with Crippen LogP contribution >= 0.6 is 11.6 Å². The number of halogens is 2.